The number of hydrogen-bond acceptors (Lipinski definition) is 4. The zero-order chi connectivity index (χ0) is 13.4. The van der Waals surface area contributed by atoms with Crippen molar-refractivity contribution in [2.45, 2.75) is 25.7 Å². The molecule has 0 bridgehead atoms. The van der Waals surface area contributed by atoms with E-state index in [1.165, 1.54) is 14.2 Å². The number of alkyl carbamates (subject to hydrolysis) is 2. The second-order valence-corrected chi connectivity index (χ2v) is 4.64. The first-order chi connectivity index (χ1) is 8.65. The summed E-state index contributed by atoms with van der Waals surface area (Å²) < 4.78 is 9.08. The number of carbonyl (C=O) groups excluding carboxylic acids is 2. The van der Waals surface area contributed by atoms with E-state index < -0.39 is 0 Å². The van der Waals surface area contributed by atoms with Crippen LogP contribution in [-0.4, -0.2) is 39.5 Å². The Kier molecular flexibility index (Phi) is 6.32. The van der Waals surface area contributed by atoms with Crippen LogP contribution in [-0.2, 0) is 9.47 Å². The Hall–Kier alpha value is -1.46. The van der Waals surface area contributed by atoms with Crippen molar-refractivity contribution in [3.8, 4) is 0 Å². The fraction of sp³-hybridized carbons (Fsp3) is 0.833. The molecule has 6 heteroatoms. The Morgan fingerprint density at radius 3 is 1.83 bits per heavy atom. The minimum Gasteiger partial charge on any atom is -0.453 e. The second-order valence-electron chi connectivity index (χ2n) is 4.64. The van der Waals surface area contributed by atoms with Crippen molar-refractivity contribution in [3.05, 3.63) is 0 Å². The van der Waals surface area contributed by atoms with Gasteiger partial charge in [0, 0.05) is 13.1 Å². The first-order valence-corrected chi connectivity index (χ1v) is 6.29. The summed E-state index contributed by atoms with van der Waals surface area (Å²) in [6.45, 7) is 1.28. The summed E-state index contributed by atoms with van der Waals surface area (Å²) in [5.74, 6) is 0.921. The Morgan fingerprint density at radius 1 is 1.00 bits per heavy atom. The third-order valence-corrected chi connectivity index (χ3v) is 3.33. The highest BCUT2D eigenvalue weighted by atomic mass is 16.5. The second kappa shape index (κ2) is 7.79. The normalized spacial score (nSPS) is 23.0. The Bertz CT molecular complexity index is 257. The lowest BCUT2D eigenvalue weighted by Gasteiger charge is -2.29. The molecule has 0 aliphatic heterocycles. The lowest BCUT2D eigenvalue weighted by Crippen LogP contribution is -2.35. The fourth-order valence-corrected chi connectivity index (χ4v) is 2.37. The highest BCUT2D eigenvalue weighted by molar-refractivity contribution is 5.67. The van der Waals surface area contributed by atoms with E-state index in [0.717, 1.165) is 25.7 Å². The van der Waals surface area contributed by atoms with Crippen molar-refractivity contribution >= 4 is 12.2 Å². The van der Waals surface area contributed by atoms with Gasteiger partial charge < -0.3 is 20.1 Å². The summed E-state index contributed by atoms with van der Waals surface area (Å²) in [5.41, 5.74) is 0. The van der Waals surface area contributed by atoms with Crippen LogP contribution >= 0.6 is 0 Å². The molecule has 2 N–H and O–H groups in total. The van der Waals surface area contributed by atoms with Crippen molar-refractivity contribution in [1.82, 2.24) is 10.6 Å². The minimum absolute atomic E-state index is 0.384. The quantitative estimate of drug-likeness (QED) is 0.801. The Balaban J connectivity index is 2.23. The molecule has 0 spiro atoms. The van der Waals surface area contributed by atoms with Crippen molar-refractivity contribution in [1.29, 1.82) is 0 Å². The molecule has 1 aliphatic carbocycles. The standard InChI is InChI=1S/C12H22N2O4/c1-17-11(15)13-7-9-4-3-5-10(6-9)8-14-12(16)18-2/h9-10H,3-8H2,1-2H3,(H,13,15)(H,14,16). The molecule has 1 rings (SSSR count). The topological polar surface area (TPSA) is 76.7 Å². The molecule has 104 valence electrons. The van der Waals surface area contributed by atoms with Gasteiger partial charge in [-0.05, 0) is 31.1 Å². The number of ether oxygens (including phenoxy) is 2. The maximum absolute atomic E-state index is 11.0. The van der Waals surface area contributed by atoms with Crippen LogP contribution in [0.3, 0.4) is 0 Å². The molecule has 1 aliphatic rings. The predicted octanol–water partition coefficient (Wildman–Crippen LogP) is 1.50. The van der Waals surface area contributed by atoms with E-state index in [4.69, 9.17) is 0 Å². The summed E-state index contributed by atoms with van der Waals surface area (Å²) in [6.07, 6.45) is 3.58. The van der Waals surface area contributed by atoms with Crippen LogP contribution in [0.5, 0.6) is 0 Å². The largest absolute Gasteiger partial charge is 0.453 e. The molecule has 0 saturated heterocycles. The lowest BCUT2D eigenvalue weighted by molar-refractivity contribution is 0.161. The maximum Gasteiger partial charge on any atom is 0.406 e. The van der Waals surface area contributed by atoms with E-state index in [1.807, 2.05) is 0 Å². The summed E-state index contributed by atoms with van der Waals surface area (Å²) in [5, 5.41) is 5.45. The molecule has 2 atom stereocenters. The molecule has 0 aromatic rings. The average molecular weight is 258 g/mol. The molecular weight excluding hydrogens is 236 g/mol. The van der Waals surface area contributed by atoms with Gasteiger partial charge in [-0.3, -0.25) is 0 Å². The van der Waals surface area contributed by atoms with E-state index in [1.54, 1.807) is 0 Å². The highest BCUT2D eigenvalue weighted by Gasteiger charge is 2.22. The van der Waals surface area contributed by atoms with Gasteiger partial charge in [-0.15, -0.1) is 0 Å². The maximum atomic E-state index is 11.0. The molecule has 0 radical (unpaired) electrons. The van der Waals surface area contributed by atoms with Gasteiger partial charge in [0.05, 0.1) is 14.2 Å². The summed E-state index contributed by atoms with van der Waals surface area (Å²) in [6, 6.07) is 0. The summed E-state index contributed by atoms with van der Waals surface area (Å²) in [4.78, 5) is 22.0. The molecule has 2 unspecified atom stereocenters. The summed E-state index contributed by atoms with van der Waals surface area (Å²) >= 11 is 0. The van der Waals surface area contributed by atoms with E-state index in [2.05, 4.69) is 20.1 Å². The number of carbonyl (C=O) groups is 2. The third-order valence-electron chi connectivity index (χ3n) is 3.33. The molecule has 6 nitrogen and oxygen atoms in total. The van der Waals surface area contributed by atoms with E-state index >= 15 is 0 Å². The van der Waals surface area contributed by atoms with E-state index in [0.29, 0.717) is 24.9 Å². The fourth-order valence-electron chi connectivity index (χ4n) is 2.37. The predicted molar refractivity (Wildman–Crippen MR) is 66.3 cm³/mol. The smallest absolute Gasteiger partial charge is 0.406 e. The van der Waals surface area contributed by atoms with Gasteiger partial charge in [-0.1, -0.05) is 6.42 Å². The van der Waals surface area contributed by atoms with Crippen molar-refractivity contribution in [3.63, 3.8) is 0 Å². The van der Waals surface area contributed by atoms with Gasteiger partial charge in [0.1, 0.15) is 0 Å². The molecule has 0 aromatic carbocycles. The molecule has 2 amide bonds. The van der Waals surface area contributed by atoms with Crippen LogP contribution < -0.4 is 10.6 Å². The first-order valence-electron chi connectivity index (χ1n) is 6.29. The highest BCUT2D eigenvalue weighted by Crippen LogP contribution is 2.28. The molecule has 0 heterocycles. The van der Waals surface area contributed by atoms with Crippen molar-refractivity contribution in [2.24, 2.45) is 11.8 Å². The van der Waals surface area contributed by atoms with Crippen molar-refractivity contribution in [2.75, 3.05) is 27.3 Å². The van der Waals surface area contributed by atoms with Gasteiger partial charge in [0.2, 0.25) is 0 Å². The number of hydrogen-bond donors (Lipinski definition) is 2. The van der Waals surface area contributed by atoms with Gasteiger partial charge in [-0.2, -0.15) is 0 Å². The van der Waals surface area contributed by atoms with Crippen LogP contribution in [0.15, 0.2) is 0 Å². The van der Waals surface area contributed by atoms with Crippen molar-refractivity contribution < 1.29 is 19.1 Å². The van der Waals surface area contributed by atoms with Gasteiger partial charge in [0.25, 0.3) is 0 Å². The van der Waals surface area contributed by atoms with E-state index in [-0.39, 0.29) is 12.2 Å². The number of nitrogens with one attached hydrogen (secondary N) is 2. The van der Waals surface area contributed by atoms with Crippen LogP contribution in [0.2, 0.25) is 0 Å². The molecule has 1 fully saturated rings. The molecular formula is C12H22N2O4. The molecule has 0 aromatic heterocycles. The van der Waals surface area contributed by atoms with Crippen LogP contribution in [0, 0.1) is 11.8 Å². The van der Waals surface area contributed by atoms with E-state index in [9.17, 15) is 9.59 Å². The molecule has 18 heavy (non-hydrogen) atoms. The third kappa shape index (κ3) is 5.25. The van der Waals surface area contributed by atoms with Crippen LogP contribution in [0.25, 0.3) is 0 Å². The first kappa shape index (κ1) is 14.6. The van der Waals surface area contributed by atoms with Gasteiger partial charge >= 0.3 is 12.2 Å². The SMILES string of the molecule is COC(=O)NCC1CCCC(CNC(=O)OC)C1. The van der Waals surface area contributed by atoms with Gasteiger partial charge in [0.15, 0.2) is 0 Å². The zero-order valence-corrected chi connectivity index (χ0v) is 11.0. The number of rotatable bonds is 4. The Labute approximate surface area is 107 Å². The monoisotopic (exact) mass is 258 g/mol. The number of methoxy groups -OCH3 is 2. The zero-order valence-electron chi connectivity index (χ0n) is 11.0. The average Bonchev–Trinajstić information content (AvgIpc) is 2.42. The number of amides is 2. The van der Waals surface area contributed by atoms with Crippen LogP contribution in [0.4, 0.5) is 9.59 Å². The van der Waals surface area contributed by atoms with Crippen LogP contribution in [0.1, 0.15) is 25.7 Å². The minimum atomic E-state index is -0.384. The lowest BCUT2D eigenvalue weighted by atomic mass is 9.81. The van der Waals surface area contributed by atoms with Gasteiger partial charge in [-0.25, -0.2) is 9.59 Å². The summed E-state index contributed by atoms with van der Waals surface area (Å²) in [7, 11) is 2.72. The Morgan fingerprint density at radius 2 is 1.44 bits per heavy atom. The molecule has 1 saturated carbocycles.